The Morgan fingerprint density at radius 3 is 2.88 bits per heavy atom. The van der Waals surface area contributed by atoms with E-state index in [4.69, 9.17) is 4.42 Å². The van der Waals surface area contributed by atoms with Gasteiger partial charge in [0.05, 0.1) is 12.8 Å². The standard InChI is InChI=1S/C14H22N2O/c1-11-12(6-7-15-11)9-16(13-4-5-13)10-14-3-2-8-17-14/h2-3,8,11-13,15H,4-7,9-10H2,1H3. The van der Waals surface area contributed by atoms with E-state index in [1.54, 1.807) is 6.26 Å². The quantitative estimate of drug-likeness (QED) is 0.847. The number of rotatable bonds is 5. The fourth-order valence-corrected chi connectivity index (χ4v) is 2.85. The molecule has 1 aromatic heterocycles. The molecule has 1 aromatic rings. The summed E-state index contributed by atoms with van der Waals surface area (Å²) in [7, 11) is 0. The monoisotopic (exact) mass is 234 g/mol. The number of hydrogen-bond acceptors (Lipinski definition) is 3. The second-order valence-electron chi connectivity index (χ2n) is 5.53. The second kappa shape index (κ2) is 4.83. The van der Waals surface area contributed by atoms with Gasteiger partial charge in [-0.25, -0.2) is 0 Å². The van der Waals surface area contributed by atoms with Crippen molar-refractivity contribution >= 4 is 0 Å². The maximum atomic E-state index is 5.48. The Morgan fingerprint density at radius 2 is 2.29 bits per heavy atom. The van der Waals surface area contributed by atoms with E-state index in [1.165, 1.54) is 32.4 Å². The molecule has 0 spiro atoms. The average Bonchev–Trinajstić information content (AvgIpc) is 2.91. The number of nitrogens with one attached hydrogen (secondary N) is 1. The molecule has 1 N–H and O–H groups in total. The maximum absolute atomic E-state index is 5.48. The topological polar surface area (TPSA) is 28.4 Å². The summed E-state index contributed by atoms with van der Waals surface area (Å²) in [6.45, 7) is 5.71. The van der Waals surface area contributed by atoms with Crippen molar-refractivity contribution in [2.75, 3.05) is 13.1 Å². The first-order chi connectivity index (χ1) is 8.33. The minimum Gasteiger partial charge on any atom is -0.468 e. The fraction of sp³-hybridized carbons (Fsp3) is 0.714. The van der Waals surface area contributed by atoms with Crippen LogP contribution in [-0.4, -0.2) is 30.1 Å². The molecule has 0 radical (unpaired) electrons. The average molecular weight is 234 g/mol. The second-order valence-corrected chi connectivity index (χ2v) is 5.53. The molecule has 2 aliphatic rings. The third kappa shape index (κ3) is 2.72. The Balaban J connectivity index is 1.60. The van der Waals surface area contributed by atoms with Gasteiger partial charge in [0.25, 0.3) is 0 Å². The molecule has 2 heterocycles. The summed E-state index contributed by atoms with van der Waals surface area (Å²) in [5, 5.41) is 3.54. The molecular formula is C14H22N2O. The van der Waals surface area contributed by atoms with Crippen LogP contribution in [0.3, 0.4) is 0 Å². The Bertz CT molecular complexity index is 345. The molecule has 94 valence electrons. The highest BCUT2D eigenvalue weighted by atomic mass is 16.3. The van der Waals surface area contributed by atoms with Crippen molar-refractivity contribution in [2.24, 2.45) is 5.92 Å². The lowest BCUT2D eigenvalue weighted by Gasteiger charge is -2.26. The Hall–Kier alpha value is -0.800. The predicted octanol–water partition coefficient (Wildman–Crippen LogP) is 2.24. The first-order valence-corrected chi connectivity index (χ1v) is 6.83. The van der Waals surface area contributed by atoms with Crippen LogP contribution >= 0.6 is 0 Å². The molecule has 1 aliphatic carbocycles. The van der Waals surface area contributed by atoms with Gasteiger partial charge in [0.15, 0.2) is 0 Å². The van der Waals surface area contributed by atoms with Crippen LogP contribution in [0.4, 0.5) is 0 Å². The number of nitrogens with zero attached hydrogens (tertiary/aromatic N) is 1. The molecular weight excluding hydrogens is 212 g/mol. The van der Waals surface area contributed by atoms with Crippen LogP contribution in [-0.2, 0) is 6.54 Å². The zero-order valence-electron chi connectivity index (χ0n) is 10.6. The molecule has 3 rings (SSSR count). The molecule has 0 amide bonds. The normalized spacial score (nSPS) is 29.1. The number of hydrogen-bond donors (Lipinski definition) is 1. The lowest BCUT2D eigenvalue weighted by Crippen LogP contribution is -2.35. The molecule has 1 saturated heterocycles. The van der Waals surface area contributed by atoms with Crippen LogP contribution < -0.4 is 5.32 Å². The Morgan fingerprint density at radius 1 is 1.41 bits per heavy atom. The lowest BCUT2D eigenvalue weighted by atomic mass is 10.0. The zero-order chi connectivity index (χ0) is 11.7. The highest BCUT2D eigenvalue weighted by Crippen LogP contribution is 2.30. The highest BCUT2D eigenvalue weighted by molar-refractivity contribution is 5.00. The SMILES string of the molecule is CC1NCCC1CN(Cc1ccco1)C1CC1. The fourth-order valence-electron chi connectivity index (χ4n) is 2.85. The summed E-state index contributed by atoms with van der Waals surface area (Å²) in [6, 6.07) is 5.56. The van der Waals surface area contributed by atoms with Gasteiger partial charge in [-0.05, 0) is 50.8 Å². The van der Waals surface area contributed by atoms with E-state index in [1.807, 2.05) is 6.07 Å². The van der Waals surface area contributed by atoms with Crippen LogP contribution in [0.15, 0.2) is 22.8 Å². The third-order valence-electron chi connectivity index (χ3n) is 4.16. The lowest BCUT2D eigenvalue weighted by molar-refractivity contribution is 0.192. The molecule has 3 heteroatoms. The summed E-state index contributed by atoms with van der Waals surface area (Å²) in [5.74, 6) is 1.92. The van der Waals surface area contributed by atoms with Gasteiger partial charge in [0, 0.05) is 18.6 Å². The minimum atomic E-state index is 0.674. The van der Waals surface area contributed by atoms with Gasteiger partial charge >= 0.3 is 0 Å². The van der Waals surface area contributed by atoms with Crippen molar-refractivity contribution in [3.63, 3.8) is 0 Å². The van der Waals surface area contributed by atoms with E-state index < -0.39 is 0 Å². The van der Waals surface area contributed by atoms with Crippen molar-refractivity contribution in [2.45, 2.75) is 44.8 Å². The molecule has 17 heavy (non-hydrogen) atoms. The van der Waals surface area contributed by atoms with Crippen LogP contribution in [0, 0.1) is 5.92 Å². The van der Waals surface area contributed by atoms with Crippen molar-refractivity contribution < 1.29 is 4.42 Å². The molecule has 2 fully saturated rings. The van der Waals surface area contributed by atoms with Gasteiger partial charge < -0.3 is 9.73 Å². The van der Waals surface area contributed by atoms with E-state index in [9.17, 15) is 0 Å². The van der Waals surface area contributed by atoms with Crippen molar-refractivity contribution in [3.05, 3.63) is 24.2 Å². The smallest absolute Gasteiger partial charge is 0.117 e. The third-order valence-corrected chi connectivity index (χ3v) is 4.16. The summed E-state index contributed by atoms with van der Waals surface area (Å²) in [5.41, 5.74) is 0. The molecule has 3 nitrogen and oxygen atoms in total. The number of furan rings is 1. The molecule has 2 atom stereocenters. The van der Waals surface area contributed by atoms with E-state index in [2.05, 4.69) is 23.2 Å². The van der Waals surface area contributed by atoms with Gasteiger partial charge in [-0.1, -0.05) is 0 Å². The molecule has 0 bridgehead atoms. The van der Waals surface area contributed by atoms with E-state index in [-0.39, 0.29) is 0 Å². The van der Waals surface area contributed by atoms with Crippen LogP contribution in [0.1, 0.15) is 31.9 Å². The van der Waals surface area contributed by atoms with Gasteiger partial charge in [-0.15, -0.1) is 0 Å². The summed E-state index contributed by atoms with van der Waals surface area (Å²) in [4.78, 5) is 2.62. The van der Waals surface area contributed by atoms with Crippen molar-refractivity contribution in [3.8, 4) is 0 Å². The Labute approximate surface area is 103 Å². The predicted molar refractivity (Wildman–Crippen MR) is 67.7 cm³/mol. The summed E-state index contributed by atoms with van der Waals surface area (Å²) < 4.78 is 5.48. The van der Waals surface area contributed by atoms with Crippen LogP contribution in [0.2, 0.25) is 0 Å². The highest BCUT2D eigenvalue weighted by Gasteiger charge is 2.33. The van der Waals surface area contributed by atoms with E-state index in [0.29, 0.717) is 6.04 Å². The zero-order valence-corrected chi connectivity index (χ0v) is 10.6. The first kappa shape index (κ1) is 11.3. The first-order valence-electron chi connectivity index (χ1n) is 6.83. The van der Waals surface area contributed by atoms with Crippen molar-refractivity contribution in [1.29, 1.82) is 0 Å². The molecule has 0 aromatic carbocycles. The maximum Gasteiger partial charge on any atom is 0.117 e. The van der Waals surface area contributed by atoms with Crippen LogP contribution in [0.25, 0.3) is 0 Å². The largest absolute Gasteiger partial charge is 0.468 e. The summed E-state index contributed by atoms with van der Waals surface area (Å²) >= 11 is 0. The molecule has 1 aliphatic heterocycles. The minimum absolute atomic E-state index is 0.674. The van der Waals surface area contributed by atoms with Gasteiger partial charge in [0.1, 0.15) is 5.76 Å². The van der Waals surface area contributed by atoms with Gasteiger partial charge in [0.2, 0.25) is 0 Å². The molecule has 2 unspecified atom stereocenters. The van der Waals surface area contributed by atoms with Gasteiger partial charge in [-0.3, -0.25) is 4.90 Å². The van der Waals surface area contributed by atoms with Crippen molar-refractivity contribution in [1.82, 2.24) is 10.2 Å². The van der Waals surface area contributed by atoms with Crippen LogP contribution in [0.5, 0.6) is 0 Å². The summed E-state index contributed by atoms with van der Waals surface area (Å²) in [6.07, 6.45) is 5.84. The van der Waals surface area contributed by atoms with E-state index >= 15 is 0 Å². The van der Waals surface area contributed by atoms with Gasteiger partial charge in [-0.2, -0.15) is 0 Å². The Kier molecular flexibility index (Phi) is 3.21. The van der Waals surface area contributed by atoms with E-state index in [0.717, 1.165) is 24.3 Å². The molecule has 1 saturated carbocycles.